The van der Waals surface area contributed by atoms with E-state index in [4.69, 9.17) is 10.5 Å². The number of halogens is 4. The fourth-order valence-corrected chi connectivity index (χ4v) is 5.63. The minimum atomic E-state index is -4.85. The fourth-order valence-electron chi connectivity index (χ4n) is 5.63. The van der Waals surface area contributed by atoms with Crippen molar-refractivity contribution in [1.29, 1.82) is 0 Å². The highest BCUT2D eigenvalue weighted by Crippen LogP contribution is 2.39. The number of likely N-dealkylation sites (tertiary alicyclic amines) is 1. The molecule has 1 aliphatic heterocycles. The largest absolute Gasteiger partial charge is 0.573 e. The monoisotopic (exact) mass is 520 g/mol. The number of nitrogen functional groups attached to an aromatic ring is 1. The summed E-state index contributed by atoms with van der Waals surface area (Å²) >= 11 is 0. The molecule has 1 fully saturated rings. The molecule has 3 aromatic rings. The normalized spacial score (nSPS) is 19.1. The maximum atomic E-state index is 15.2. The Bertz CT molecular complexity index is 1320. The predicted molar refractivity (Wildman–Crippen MR) is 129 cm³/mol. The van der Waals surface area contributed by atoms with Gasteiger partial charge in [-0.1, -0.05) is 0 Å². The number of rotatable bonds is 4. The van der Waals surface area contributed by atoms with E-state index in [-0.39, 0.29) is 35.0 Å². The van der Waals surface area contributed by atoms with E-state index >= 15 is 4.39 Å². The van der Waals surface area contributed by atoms with Gasteiger partial charge >= 0.3 is 6.36 Å². The van der Waals surface area contributed by atoms with E-state index < -0.39 is 12.1 Å². The summed E-state index contributed by atoms with van der Waals surface area (Å²) < 4.78 is 62.1. The van der Waals surface area contributed by atoms with Crippen molar-refractivity contribution in [2.75, 3.05) is 25.9 Å². The van der Waals surface area contributed by atoms with Gasteiger partial charge in [-0.3, -0.25) is 4.79 Å². The zero-order chi connectivity index (χ0) is 26.3. The SMILES string of the molecule is CO[C@H]1CCc2[nH]c3ncc(F)c(C4CCN(C(=O)c5ccc(OC(F)(F)F)cc5N)CC4)c3c2CC1. The van der Waals surface area contributed by atoms with E-state index in [1.807, 2.05) is 0 Å². The minimum absolute atomic E-state index is 0.0971. The van der Waals surface area contributed by atoms with Gasteiger partial charge in [0.2, 0.25) is 0 Å². The van der Waals surface area contributed by atoms with Crippen LogP contribution in [0.4, 0.5) is 23.2 Å². The number of hydrogen-bond acceptors (Lipinski definition) is 5. The first kappa shape index (κ1) is 25.3. The van der Waals surface area contributed by atoms with Gasteiger partial charge < -0.3 is 25.1 Å². The molecular weight excluding hydrogens is 492 g/mol. The quantitative estimate of drug-likeness (QED) is 0.284. The number of nitrogens with two attached hydrogens (primary N) is 1. The Morgan fingerprint density at radius 3 is 2.57 bits per heavy atom. The Kier molecular flexibility index (Phi) is 6.74. The second kappa shape index (κ2) is 9.85. The molecule has 1 atom stereocenters. The molecular formula is C26H28F4N4O3. The molecule has 1 amide bonds. The number of fused-ring (bicyclic) bond motifs is 3. The number of aryl methyl sites for hydroxylation is 2. The number of amides is 1. The third-order valence-corrected chi connectivity index (χ3v) is 7.45. The van der Waals surface area contributed by atoms with Gasteiger partial charge in [0, 0.05) is 48.6 Å². The Balaban J connectivity index is 1.34. The number of aromatic amines is 1. The number of nitrogens with zero attached hydrogens (tertiary/aromatic N) is 2. The van der Waals surface area contributed by atoms with Gasteiger partial charge in [0.25, 0.3) is 5.91 Å². The van der Waals surface area contributed by atoms with Crippen molar-refractivity contribution in [2.45, 2.75) is 56.9 Å². The second-order valence-corrected chi connectivity index (χ2v) is 9.62. The van der Waals surface area contributed by atoms with Crippen molar-refractivity contribution in [2.24, 2.45) is 0 Å². The molecule has 37 heavy (non-hydrogen) atoms. The van der Waals surface area contributed by atoms with Crippen LogP contribution in [0.25, 0.3) is 11.0 Å². The molecule has 198 valence electrons. The van der Waals surface area contributed by atoms with E-state index in [9.17, 15) is 18.0 Å². The molecule has 1 aliphatic carbocycles. The first-order chi connectivity index (χ1) is 17.6. The van der Waals surface area contributed by atoms with Crippen LogP contribution in [0.1, 0.15) is 58.8 Å². The number of carbonyl (C=O) groups is 1. The summed E-state index contributed by atoms with van der Waals surface area (Å²) in [6, 6.07) is 3.29. The van der Waals surface area contributed by atoms with E-state index in [1.54, 1.807) is 12.0 Å². The van der Waals surface area contributed by atoms with Gasteiger partial charge in [-0.2, -0.15) is 0 Å². The lowest BCUT2D eigenvalue weighted by Crippen LogP contribution is -2.38. The highest BCUT2D eigenvalue weighted by atomic mass is 19.4. The average Bonchev–Trinajstić information content (AvgIpc) is 3.07. The van der Waals surface area contributed by atoms with Crippen LogP contribution in [0, 0.1) is 5.82 Å². The first-order valence-corrected chi connectivity index (χ1v) is 12.3. The number of anilines is 1. The van der Waals surface area contributed by atoms with Gasteiger partial charge in [-0.15, -0.1) is 13.2 Å². The molecule has 3 heterocycles. The molecule has 7 nitrogen and oxygen atoms in total. The van der Waals surface area contributed by atoms with Crippen LogP contribution < -0.4 is 10.5 Å². The highest BCUT2D eigenvalue weighted by molar-refractivity contribution is 5.99. The fraction of sp³-hybridized carbons (Fsp3) is 0.462. The van der Waals surface area contributed by atoms with Crippen LogP contribution in [0.15, 0.2) is 24.4 Å². The molecule has 2 aromatic heterocycles. The van der Waals surface area contributed by atoms with Crippen LogP contribution in [0.3, 0.4) is 0 Å². The number of hydrogen-bond donors (Lipinski definition) is 2. The molecule has 0 saturated carbocycles. The molecule has 0 bridgehead atoms. The van der Waals surface area contributed by atoms with Crippen LogP contribution in [-0.2, 0) is 17.6 Å². The van der Waals surface area contributed by atoms with Crippen LogP contribution >= 0.6 is 0 Å². The van der Waals surface area contributed by atoms with Crippen molar-refractivity contribution in [3.8, 4) is 5.75 Å². The Labute approximate surface area is 210 Å². The number of carbonyl (C=O) groups excluding carboxylic acids is 1. The lowest BCUT2D eigenvalue weighted by molar-refractivity contribution is -0.274. The van der Waals surface area contributed by atoms with E-state index in [0.717, 1.165) is 54.5 Å². The number of methoxy groups -OCH3 is 1. The first-order valence-electron chi connectivity index (χ1n) is 12.3. The Morgan fingerprint density at radius 2 is 1.89 bits per heavy atom. The molecule has 0 spiro atoms. The lowest BCUT2D eigenvalue weighted by atomic mass is 9.86. The van der Waals surface area contributed by atoms with Crippen LogP contribution in [0.2, 0.25) is 0 Å². The van der Waals surface area contributed by atoms with Crippen LogP contribution in [-0.4, -0.2) is 53.4 Å². The number of benzene rings is 1. The zero-order valence-corrected chi connectivity index (χ0v) is 20.3. The Hall–Kier alpha value is -3.34. The molecule has 11 heteroatoms. The van der Waals surface area contributed by atoms with Gasteiger partial charge in [0.1, 0.15) is 17.2 Å². The van der Waals surface area contributed by atoms with Crippen molar-refractivity contribution < 1.29 is 31.8 Å². The van der Waals surface area contributed by atoms with Gasteiger partial charge in [0.15, 0.2) is 0 Å². The number of alkyl halides is 3. The van der Waals surface area contributed by atoms with Crippen LogP contribution in [0.5, 0.6) is 5.75 Å². The number of ether oxygens (including phenoxy) is 2. The number of H-pyrrole nitrogens is 1. The standard InChI is InChI=1S/C26H28F4N4O3/c1-36-15-2-6-18-21(7-4-15)33-24-23(18)22(19(27)13-32-24)14-8-10-34(11-9-14)25(35)17-5-3-16(12-20(17)31)37-26(28,29)30/h3,5,12-15H,2,4,6-11,31H2,1H3,(H,32,33)/t15-/m1/s1. The Morgan fingerprint density at radius 1 is 1.16 bits per heavy atom. The summed E-state index contributed by atoms with van der Waals surface area (Å²) in [7, 11) is 1.71. The lowest BCUT2D eigenvalue weighted by Gasteiger charge is -2.33. The predicted octanol–water partition coefficient (Wildman–Crippen LogP) is 5.10. The maximum Gasteiger partial charge on any atom is 0.573 e. The van der Waals surface area contributed by atoms with E-state index in [1.165, 1.54) is 12.3 Å². The minimum Gasteiger partial charge on any atom is -0.406 e. The van der Waals surface area contributed by atoms with Gasteiger partial charge in [0.05, 0.1) is 17.9 Å². The van der Waals surface area contributed by atoms with E-state index in [2.05, 4.69) is 14.7 Å². The molecule has 3 N–H and O–H groups in total. The summed E-state index contributed by atoms with van der Waals surface area (Å²) in [5.74, 6) is -1.32. The van der Waals surface area contributed by atoms with Gasteiger partial charge in [-0.05, 0) is 62.1 Å². The summed E-state index contributed by atoms with van der Waals surface area (Å²) in [6.07, 6.45) is 0.981. The average molecular weight is 521 g/mol. The molecule has 2 aliphatic rings. The second-order valence-electron chi connectivity index (χ2n) is 9.62. The number of aromatic nitrogens is 2. The summed E-state index contributed by atoms with van der Waals surface area (Å²) in [5.41, 5.74) is 9.38. The zero-order valence-electron chi connectivity index (χ0n) is 20.3. The highest BCUT2D eigenvalue weighted by Gasteiger charge is 2.33. The van der Waals surface area contributed by atoms with Crippen molar-refractivity contribution in [3.05, 3.63) is 52.6 Å². The maximum absolute atomic E-state index is 15.2. The molecule has 0 unspecified atom stereocenters. The topological polar surface area (TPSA) is 93.5 Å². The van der Waals surface area contributed by atoms with Gasteiger partial charge in [-0.25, -0.2) is 9.37 Å². The molecule has 0 radical (unpaired) electrons. The van der Waals surface area contributed by atoms with Crippen molar-refractivity contribution in [3.63, 3.8) is 0 Å². The van der Waals surface area contributed by atoms with Crippen molar-refractivity contribution >= 4 is 22.6 Å². The molecule has 1 aromatic carbocycles. The number of nitrogens with one attached hydrogen (secondary N) is 1. The molecule has 1 saturated heterocycles. The summed E-state index contributed by atoms with van der Waals surface area (Å²) in [4.78, 5) is 22.4. The smallest absolute Gasteiger partial charge is 0.406 e. The number of pyridine rings is 1. The third-order valence-electron chi connectivity index (χ3n) is 7.45. The summed E-state index contributed by atoms with van der Waals surface area (Å²) in [5, 5.41) is 0.848. The van der Waals surface area contributed by atoms with Crippen molar-refractivity contribution in [1.82, 2.24) is 14.9 Å². The number of piperidine rings is 1. The van der Waals surface area contributed by atoms with E-state index in [0.29, 0.717) is 37.1 Å². The molecule has 5 rings (SSSR count). The summed E-state index contributed by atoms with van der Waals surface area (Å²) in [6.45, 7) is 0.733. The third kappa shape index (κ3) is 5.09.